The van der Waals surface area contributed by atoms with Crippen molar-refractivity contribution in [3.8, 4) is 0 Å². The van der Waals surface area contributed by atoms with E-state index < -0.39 is 27.4 Å². The van der Waals surface area contributed by atoms with Gasteiger partial charge in [0, 0.05) is 0 Å². The summed E-state index contributed by atoms with van der Waals surface area (Å²) >= 11 is -2.83. The van der Waals surface area contributed by atoms with E-state index in [9.17, 15) is 13.3 Å². The second kappa shape index (κ2) is 4.19. The number of carbonyl (C=O) groups is 2. The fourth-order valence-corrected chi connectivity index (χ4v) is 1.29. The topological polar surface area (TPSA) is 75.3 Å². The third kappa shape index (κ3) is 5.46. The van der Waals surface area contributed by atoms with Gasteiger partial charge in [0.1, 0.15) is 0 Å². The van der Waals surface area contributed by atoms with Gasteiger partial charge in [-0.2, -0.15) is 0 Å². The molecule has 0 unspecified atom stereocenters. The van der Waals surface area contributed by atoms with Gasteiger partial charge in [-0.15, -0.1) is 0 Å². The van der Waals surface area contributed by atoms with E-state index in [2.05, 4.69) is 8.33 Å². The molecular weight excluding hydrogens is 175 g/mol. The number of amides is 2. The van der Waals surface area contributed by atoms with Crippen LogP contribution in [-0.2, 0) is 28.8 Å². The van der Waals surface area contributed by atoms with Crippen LogP contribution in [0.2, 0.25) is 0 Å². The SMILES string of the molecule is CC(=O)[NH][V](=[O])[NH]C(C)=O. The van der Waals surface area contributed by atoms with Crippen molar-refractivity contribution >= 4 is 11.8 Å². The Morgan fingerprint density at radius 3 is 1.60 bits per heavy atom. The number of nitrogens with one attached hydrogen (secondary N) is 2. The molecule has 6 heteroatoms. The molecule has 0 spiro atoms. The van der Waals surface area contributed by atoms with Crippen LogP contribution in [0.4, 0.5) is 0 Å². The van der Waals surface area contributed by atoms with Gasteiger partial charge in [-0.1, -0.05) is 0 Å². The summed E-state index contributed by atoms with van der Waals surface area (Å²) in [4.78, 5) is 20.4. The molecule has 0 radical (unpaired) electrons. The Labute approximate surface area is 63.4 Å². The molecular formula is C4H8N2O3V. The summed E-state index contributed by atoms with van der Waals surface area (Å²) in [6.07, 6.45) is 0. The second-order valence-electron chi connectivity index (χ2n) is 1.63. The van der Waals surface area contributed by atoms with Gasteiger partial charge >= 0.3 is 62.8 Å². The minimum atomic E-state index is -2.83. The van der Waals surface area contributed by atoms with Gasteiger partial charge in [-0.25, -0.2) is 0 Å². The molecule has 5 nitrogen and oxygen atoms in total. The zero-order chi connectivity index (χ0) is 8.15. The molecule has 0 aliphatic heterocycles. The molecule has 0 bridgehead atoms. The Bertz CT molecular complexity index is 161. The molecule has 0 atom stereocenters. The first-order valence-electron chi connectivity index (χ1n) is 2.54. The molecule has 0 saturated carbocycles. The van der Waals surface area contributed by atoms with Crippen LogP contribution in [0.5, 0.6) is 0 Å². The predicted molar refractivity (Wildman–Crippen MR) is 28.3 cm³/mol. The van der Waals surface area contributed by atoms with Crippen molar-refractivity contribution in [2.75, 3.05) is 0 Å². The Hall–Kier alpha value is -0.676. The molecule has 0 aliphatic carbocycles. The van der Waals surface area contributed by atoms with Crippen molar-refractivity contribution in [3.63, 3.8) is 0 Å². The summed E-state index contributed by atoms with van der Waals surface area (Å²) < 4.78 is 14.8. The van der Waals surface area contributed by atoms with Gasteiger partial charge in [0.15, 0.2) is 0 Å². The zero-order valence-electron chi connectivity index (χ0n) is 5.67. The zero-order valence-corrected chi connectivity index (χ0v) is 7.07. The summed E-state index contributed by atoms with van der Waals surface area (Å²) in [5.41, 5.74) is 0. The van der Waals surface area contributed by atoms with E-state index in [-0.39, 0.29) is 0 Å². The van der Waals surface area contributed by atoms with E-state index in [0.717, 1.165) is 0 Å². The molecule has 10 heavy (non-hydrogen) atoms. The van der Waals surface area contributed by atoms with Gasteiger partial charge in [0.25, 0.3) is 0 Å². The molecule has 2 amide bonds. The summed E-state index contributed by atoms with van der Waals surface area (Å²) in [5.74, 6) is -0.799. The summed E-state index contributed by atoms with van der Waals surface area (Å²) in [6, 6.07) is 0. The summed E-state index contributed by atoms with van der Waals surface area (Å²) in [7, 11) is 0. The van der Waals surface area contributed by atoms with Crippen molar-refractivity contribution < 1.29 is 28.8 Å². The van der Waals surface area contributed by atoms with Crippen molar-refractivity contribution in [3.05, 3.63) is 0 Å². The Morgan fingerprint density at radius 1 is 1.10 bits per heavy atom. The van der Waals surface area contributed by atoms with Crippen molar-refractivity contribution in [1.82, 2.24) is 8.33 Å². The molecule has 57 valence electrons. The van der Waals surface area contributed by atoms with E-state index >= 15 is 0 Å². The first kappa shape index (κ1) is 9.32. The average Bonchev–Trinajstić information content (AvgIpc) is 1.58. The third-order valence-electron chi connectivity index (χ3n) is 0.518. The number of carbonyl (C=O) groups excluding carboxylic acids is 2. The minimum absolute atomic E-state index is 0.399. The monoisotopic (exact) mass is 183 g/mol. The summed E-state index contributed by atoms with van der Waals surface area (Å²) in [5, 5.41) is 0. The quantitative estimate of drug-likeness (QED) is 0.579. The van der Waals surface area contributed by atoms with Crippen LogP contribution in [-0.4, -0.2) is 11.8 Å². The molecule has 0 saturated heterocycles. The third-order valence-corrected chi connectivity index (χ3v) is 2.14. The van der Waals surface area contributed by atoms with Crippen molar-refractivity contribution in [1.29, 1.82) is 0 Å². The first-order chi connectivity index (χ1) is 4.52. The molecule has 0 fully saturated rings. The Kier molecular flexibility index (Phi) is 3.91. The molecule has 0 aromatic heterocycles. The van der Waals surface area contributed by atoms with Gasteiger partial charge in [-0.05, 0) is 0 Å². The molecule has 0 aromatic carbocycles. The number of rotatable bonds is 2. The molecule has 0 aliphatic rings. The van der Waals surface area contributed by atoms with Crippen LogP contribution in [0.25, 0.3) is 0 Å². The van der Waals surface area contributed by atoms with Crippen molar-refractivity contribution in [2.24, 2.45) is 0 Å². The van der Waals surface area contributed by atoms with Gasteiger partial charge < -0.3 is 0 Å². The summed E-state index contributed by atoms with van der Waals surface area (Å²) in [6.45, 7) is 2.48. The van der Waals surface area contributed by atoms with E-state index in [4.69, 9.17) is 0 Å². The van der Waals surface area contributed by atoms with Gasteiger partial charge in [0.2, 0.25) is 0 Å². The number of hydrogen-bond acceptors (Lipinski definition) is 3. The normalized spacial score (nSPS) is 8.20. The number of hydrogen-bond donors (Lipinski definition) is 2. The van der Waals surface area contributed by atoms with E-state index in [1.165, 1.54) is 13.8 Å². The first-order valence-corrected chi connectivity index (χ1v) is 4.50. The Balaban J connectivity index is 3.65. The average molecular weight is 183 g/mol. The fourth-order valence-electron chi connectivity index (χ4n) is 0.314. The van der Waals surface area contributed by atoms with Crippen LogP contribution in [0.15, 0.2) is 0 Å². The van der Waals surface area contributed by atoms with Gasteiger partial charge in [-0.3, -0.25) is 0 Å². The Morgan fingerprint density at radius 2 is 1.40 bits per heavy atom. The maximum absolute atomic E-state index is 10.6. The van der Waals surface area contributed by atoms with Crippen molar-refractivity contribution in [2.45, 2.75) is 13.8 Å². The molecule has 0 heterocycles. The fraction of sp³-hybridized carbons (Fsp3) is 0.500. The van der Waals surface area contributed by atoms with E-state index in [1.807, 2.05) is 0 Å². The van der Waals surface area contributed by atoms with Gasteiger partial charge in [0.05, 0.1) is 0 Å². The second-order valence-corrected chi connectivity index (χ2v) is 3.25. The maximum atomic E-state index is 10.6. The van der Waals surface area contributed by atoms with Crippen LogP contribution in [0.3, 0.4) is 0 Å². The molecule has 0 aromatic rings. The standard InChI is InChI=1S/2C2H5NO.O.V/c2*1-2(3)4;;/h2*1H3,(H2,3,4);;/q;;;+2/p-2. The van der Waals surface area contributed by atoms with Crippen LogP contribution in [0.1, 0.15) is 13.8 Å². The van der Waals surface area contributed by atoms with Crippen LogP contribution in [0, 0.1) is 0 Å². The van der Waals surface area contributed by atoms with Crippen LogP contribution >= 0.6 is 0 Å². The predicted octanol–water partition coefficient (Wildman–Crippen LogP) is -0.948. The molecule has 2 N–H and O–H groups in total. The van der Waals surface area contributed by atoms with E-state index in [1.54, 1.807) is 0 Å². The molecule has 0 rings (SSSR count). The van der Waals surface area contributed by atoms with Crippen LogP contribution < -0.4 is 8.33 Å². The van der Waals surface area contributed by atoms with E-state index in [0.29, 0.717) is 0 Å².